The van der Waals surface area contributed by atoms with Crippen LogP contribution < -0.4 is 5.73 Å². The van der Waals surface area contributed by atoms with E-state index in [4.69, 9.17) is 5.73 Å². The van der Waals surface area contributed by atoms with Crippen molar-refractivity contribution in [3.8, 4) is 11.1 Å². The van der Waals surface area contributed by atoms with E-state index in [0.717, 1.165) is 11.1 Å². The first-order valence-electron chi connectivity index (χ1n) is 5.84. The Morgan fingerprint density at radius 3 is 2.59 bits per heavy atom. The van der Waals surface area contributed by atoms with Crippen molar-refractivity contribution in [1.82, 2.24) is 15.2 Å². The van der Waals surface area contributed by atoms with Crippen LogP contribution in [0.25, 0.3) is 11.1 Å². The number of hydrogen-bond acceptors (Lipinski definition) is 3. The summed E-state index contributed by atoms with van der Waals surface area (Å²) in [5, 5.41) is 7.25. The van der Waals surface area contributed by atoms with Crippen LogP contribution in [0.15, 0.2) is 24.5 Å². The molecule has 0 aromatic carbocycles. The van der Waals surface area contributed by atoms with Gasteiger partial charge in [-0.1, -0.05) is 13.8 Å². The Hall–Kier alpha value is -1.84. The number of rotatable bonds is 2. The standard InChI is InChI=1S/C13H16N4/c1-13(2)7-9(13)11-10(12(14)17-16-11)8-3-5-15-6-4-8/h3-6,9H,7H2,1-2H3,(H3,14,16,17). The van der Waals surface area contributed by atoms with Crippen molar-refractivity contribution >= 4 is 5.82 Å². The monoisotopic (exact) mass is 228 g/mol. The second-order valence-corrected chi connectivity index (χ2v) is 5.38. The molecule has 3 rings (SSSR count). The Bertz CT molecular complexity index is 542. The van der Waals surface area contributed by atoms with Gasteiger partial charge in [0, 0.05) is 29.6 Å². The molecule has 0 amide bonds. The lowest BCUT2D eigenvalue weighted by atomic mass is 10.0. The lowest BCUT2D eigenvalue weighted by Crippen LogP contribution is -1.94. The summed E-state index contributed by atoms with van der Waals surface area (Å²) in [6, 6.07) is 3.94. The highest BCUT2D eigenvalue weighted by molar-refractivity contribution is 5.77. The predicted molar refractivity (Wildman–Crippen MR) is 67.4 cm³/mol. The third-order valence-corrected chi connectivity index (χ3v) is 3.65. The van der Waals surface area contributed by atoms with Crippen molar-refractivity contribution < 1.29 is 0 Å². The average molecular weight is 228 g/mol. The Morgan fingerprint density at radius 2 is 2.00 bits per heavy atom. The molecular weight excluding hydrogens is 212 g/mol. The summed E-state index contributed by atoms with van der Waals surface area (Å²) < 4.78 is 0. The Kier molecular flexibility index (Phi) is 2.02. The fourth-order valence-corrected chi connectivity index (χ4v) is 2.40. The van der Waals surface area contributed by atoms with Crippen LogP contribution in [0.3, 0.4) is 0 Å². The minimum atomic E-state index is 0.362. The van der Waals surface area contributed by atoms with Gasteiger partial charge in [0.15, 0.2) is 5.82 Å². The summed E-state index contributed by atoms with van der Waals surface area (Å²) in [5.41, 5.74) is 9.62. The van der Waals surface area contributed by atoms with Crippen molar-refractivity contribution in [2.45, 2.75) is 26.2 Å². The zero-order valence-corrected chi connectivity index (χ0v) is 10.1. The Balaban J connectivity index is 2.08. The van der Waals surface area contributed by atoms with Crippen molar-refractivity contribution in [2.24, 2.45) is 5.41 Å². The molecule has 17 heavy (non-hydrogen) atoms. The molecule has 4 heteroatoms. The Morgan fingerprint density at radius 1 is 1.35 bits per heavy atom. The number of nitrogens with two attached hydrogens (primary N) is 1. The van der Waals surface area contributed by atoms with Gasteiger partial charge in [0.25, 0.3) is 0 Å². The summed E-state index contributed by atoms with van der Waals surface area (Å²) in [6.07, 6.45) is 4.75. The second kappa shape index (κ2) is 3.32. The third kappa shape index (κ3) is 1.60. The fourth-order valence-electron chi connectivity index (χ4n) is 2.40. The molecular formula is C13H16N4. The molecule has 2 aromatic heterocycles. The molecule has 0 bridgehead atoms. The van der Waals surface area contributed by atoms with Crippen LogP contribution in [0.1, 0.15) is 31.9 Å². The van der Waals surface area contributed by atoms with E-state index in [1.165, 1.54) is 12.1 Å². The highest BCUT2D eigenvalue weighted by Crippen LogP contribution is 2.60. The summed E-state index contributed by atoms with van der Waals surface area (Å²) in [7, 11) is 0. The normalized spacial score (nSPS) is 21.4. The lowest BCUT2D eigenvalue weighted by Gasteiger charge is -2.05. The van der Waals surface area contributed by atoms with Crippen molar-refractivity contribution in [1.29, 1.82) is 0 Å². The van der Waals surface area contributed by atoms with Crippen LogP contribution in [0.4, 0.5) is 5.82 Å². The summed E-state index contributed by atoms with van der Waals surface area (Å²) in [4.78, 5) is 4.03. The molecule has 0 spiro atoms. The molecule has 1 fully saturated rings. The number of nitrogen functional groups attached to an aromatic ring is 1. The molecule has 1 saturated carbocycles. The maximum Gasteiger partial charge on any atom is 0.153 e. The van der Waals surface area contributed by atoms with Gasteiger partial charge in [-0.25, -0.2) is 0 Å². The number of H-pyrrole nitrogens is 1. The van der Waals surface area contributed by atoms with E-state index >= 15 is 0 Å². The molecule has 2 aromatic rings. The number of hydrogen-bond donors (Lipinski definition) is 2. The van der Waals surface area contributed by atoms with Crippen molar-refractivity contribution in [2.75, 3.05) is 5.73 Å². The van der Waals surface area contributed by atoms with Gasteiger partial charge in [0.1, 0.15) is 0 Å². The number of nitrogens with one attached hydrogen (secondary N) is 1. The third-order valence-electron chi connectivity index (χ3n) is 3.65. The van der Waals surface area contributed by atoms with Crippen molar-refractivity contribution in [3.05, 3.63) is 30.2 Å². The van der Waals surface area contributed by atoms with Crippen LogP contribution in [0.5, 0.6) is 0 Å². The average Bonchev–Trinajstić information content (AvgIpc) is 2.78. The molecule has 1 aliphatic carbocycles. The first-order chi connectivity index (χ1) is 8.09. The van der Waals surface area contributed by atoms with Gasteiger partial charge < -0.3 is 5.73 Å². The van der Waals surface area contributed by atoms with E-state index in [2.05, 4.69) is 29.0 Å². The predicted octanol–water partition coefficient (Wildman–Crippen LogP) is 2.57. The smallest absolute Gasteiger partial charge is 0.153 e. The van der Waals surface area contributed by atoms with Gasteiger partial charge in [0.2, 0.25) is 0 Å². The summed E-state index contributed by atoms with van der Waals surface area (Å²) in [6.45, 7) is 4.54. The topological polar surface area (TPSA) is 67.6 Å². The zero-order chi connectivity index (χ0) is 12.0. The molecule has 88 valence electrons. The second-order valence-electron chi connectivity index (χ2n) is 5.38. The van der Waals surface area contributed by atoms with Crippen LogP contribution in [0, 0.1) is 5.41 Å². The van der Waals surface area contributed by atoms with E-state index < -0.39 is 0 Å². The van der Waals surface area contributed by atoms with Crippen molar-refractivity contribution in [3.63, 3.8) is 0 Å². The molecule has 1 unspecified atom stereocenters. The van der Waals surface area contributed by atoms with Crippen LogP contribution in [-0.4, -0.2) is 15.2 Å². The molecule has 1 aliphatic rings. The fraction of sp³-hybridized carbons (Fsp3) is 0.385. The molecule has 3 N–H and O–H groups in total. The summed E-state index contributed by atoms with van der Waals surface area (Å²) >= 11 is 0. The van der Waals surface area contributed by atoms with Crippen LogP contribution >= 0.6 is 0 Å². The maximum absolute atomic E-state index is 5.96. The van der Waals surface area contributed by atoms with Gasteiger partial charge in [-0.15, -0.1) is 0 Å². The number of nitrogens with zero attached hydrogens (tertiary/aromatic N) is 2. The number of pyridine rings is 1. The number of aromatic nitrogens is 3. The van der Waals surface area contributed by atoms with Gasteiger partial charge in [-0.3, -0.25) is 10.1 Å². The minimum absolute atomic E-state index is 0.362. The molecule has 0 radical (unpaired) electrons. The molecule has 4 nitrogen and oxygen atoms in total. The zero-order valence-electron chi connectivity index (χ0n) is 10.1. The van der Waals surface area contributed by atoms with E-state index in [-0.39, 0.29) is 0 Å². The summed E-state index contributed by atoms with van der Waals surface area (Å²) in [5.74, 6) is 1.12. The van der Waals surface area contributed by atoms with E-state index in [9.17, 15) is 0 Å². The van der Waals surface area contributed by atoms with Gasteiger partial charge in [0.05, 0.1) is 0 Å². The molecule has 0 saturated heterocycles. The minimum Gasteiger partial charge on any atom is -0.382 e. The first-order valence-corrected chi connectivity index (χ1v) is 5.84. The molecule has 1 atom stereocenters. The highest BCUT2D eigenvalue weighted by atomic mass is 15.2. The van der Waals surface area contributed by atoms with Gasteiger partial charge >= 0.3 is 0 Å². The first kappa shape index (κ1) is 10.3. The SMILES string of the molecule is CC1(C)CC1c1[nH]nc(N)c1-c1ccncc1. The Labute approximate surface area is 100 Å². The number of anilines is 1. The largest absolute Gasteiger partial charge is 0.382 e. The molecule has 0 aliphatic heterocycles. The van der Waals surface area contributed by atoms with Crippen LogP contribution in [0.2, 0.25) is 0 Å². The highest BCUT2D eigenvalue weighted by Gasteiger charge is 2.48. The van der Waals surface area contributed by atoms with E-state index in [0.29, 0.717) is 17.2 Å². The van der Waals surface area contributed by atoms with Crippen LogP contribution in [-0.2, 0) is 0 Å². The molecule has 2 heterocycles. The van der Waals surface area contributed by atoms with Gasteiger partial charge in [-0.05, 0) is 29.5 Å². The lowest BCUT2D eigenvalue weighted by molar-refractivity contribution is 0.615. The van der Waals surface area contributed by atoms with E-state index in [1.807, 2.05) is 12.1 Å². The van der Waals surface area contributed by atoms with Gasteiger partial charge in [-0.2, -0.15) is 5.10 Å². The quantitative estimate of drug-likeness (QED) is 0.830. The maximum atomic E-state index is 5.96. The number of aromatic amines is 1. The van der Waals surface area contributed by atoms with E-state index in [1.54, 1.807) is 12.4 Å².